The van der Waals surface area contributed by atoms with Gasteiger partial charge in [-0.15, -0.1) is 12.4 Å². The molecule has 1 unspecified atom stereocenters. The summed E-state index contributed by atoms with van der Waals surface area (Å²) in [6, 6.07) is 7.54. The van der Waals surface area contributed by atoms with Gasteiger partial charge in [-0.1, -0.05) is 32.0 Å². The molecule has 0 spiro atoms. The maximum Gasteiger partial charge on any atom is 0.261 e. The fourth-order valence-corrected chi connectivity index (χ4v) is 2.63. The van der Waals surface area contributed by atoms with Crippen molar-refractivity contribution < 1.29 is 4.79 Å². The molecule has 6 heteroatoms. The molecule has 2 aromatic rings. The third-order valence-electron chi connectivity index (χ3n) is 4.40. The first-order chi connectivity index (χ1) is 10.8. The van der Waals surface area contributed by atoms with Gasteiger partial charge in [-0.05, 0) is 30.9 Å². The molecule has 1 aromatic heterocycles. The molecule has 24 heavy (non-hydrogen) atoms. The maximum absolute atomic E-state index is 12.7. The minimum absolute atomic E-state index is 0. The third kappa shape index (κ3) is 4.16. The zero-order valence-corrected chi connectivity index (χ0v) is 15.4. The molecule has 1 atom stereocenters. The minimum Gasteiger partial charge on any atom is -0.341 e. The number of nitrogens with one attached hydrogen (secondary N) is 1. The number of rotatable bonds is 5. The molecule has 0 aliphatic carbocycles. The summed E-state index contributed by atoms with van der Waals surface area (Å²) in [5.74, 6) is 0.106. The Hall–Kier alpha value is -1.85. The van der Waals surface area contributed by atoms with Crippen molar-refractivity contribution in [3.63, 3.8) is 0 Å². The van der Waals surface area contributed by atoms with Crippen molar-refractivity contribution in [2.45, 2.75) is 33.2 Å². The summed E-state index contributed by atoms with van der Waals surface area (Å²) in [7, 11) is 1.71. The first-order valence-electron chi connectivity index (χ1n) is 7.95. The Morgan fingerprint density at radius 3 is 2.54 bits per heavy atom. The summed E-state index contributed by atoms with van der Waals surface area (Å²) in [6.07, 6.45) is 0.713. The van der Waals surface area contributed by atoms with E-state index in [0.29, 0.717) is 24.4 Å². The highest BCUT2D eigenvalue weighted by molar-refractivity contribution is 5.99. The van der Waals surface area contributed by atoms with Crippen LogP contribution in [0, 0.1) is 12.8 Å². The van der Waals surface area contributed by atoms with Gasteiger partial charge < -0.3 is 15.6 Å². The number of nitrogens with two attached hydrogens (primary N) is 1. The summed E-state index contributed by atoms with van der Waals surface area (Å²) in [4.78, 5) is 29.4. The van der Waals surface area contributed by atoms with E-state index < -0.39 is 0 Å². The number of aryl methyl sites for hydroxylation is 1. The summed E-state index contributed by atoms with van der Waals surface area (Å²) >= 11 is 0. The van der Waals surface area contributed by atoms with Crippen LogP contribution in [0.5, 0.6) is 0 Å². The molecular formula is C18H26ClN3O2. The van der Waals surface area contributed by atoms with Gasteiger partial charge in [0.1, 0.15) is 5.56 Å². The summed E-state index contributed by atoms with van der Waals surface area (Å²) < 4.78 is 0. The van der Waals surface area contributed by atoms with Crippen molar-refractivity contribution in [1.29, 1.82) is 0 Å². The van der Waals surface area contributed by atoms with Gasteiger partial charge in [0.25, 0.3) is 11.5 Å². The number of amides is 1. The SMILES string of the molecule is Cc1c(C(=O)N(C)CCC(N)C(C)C)c(=O)[nH]c2ccccc12.Cl. The lowest BCUT2D eigenvalue weighted by atomic mass is 10.0. The highest BCUT2D eigenvalue weighted by atomic mass is 35.5. The van der Waals surface area contributed by atoms with Gasteiger partial charge in [-0.2, -0.15) is 0 Å². The maximum atomic E-state index is 12.7. The highest BCUT2D eigenvalue weighted by Gasteiger charge is 2.20. The second kappa shape index (κ2) is 8.31. The Labute approximate surface area is 148 Å². The Bertz CT molecular complexity index is 770. The van der Waals surface area contributed by atoms with Crippen LogP contribution in [0.3, 0.4) is 0 Å². The Morgan fingerprint density at radius 2 is 1.92 bits per heavy atom. The molecular weight excluding hydrogens is 326 g/mol. The van der Waals surface area contributed by atoms with Crippen LogP contribution >= 0.6 is 12.4 Å². The van der Waals surface area contributed by atoms with Crippen LogP contribution in [-0.4, -0.2) is 35.4 Å². The largest absolute Gasteiger partial charge is 0.341 e. The number of carbonyl (C=O) groups is 1. The fourth-order valence-electron chi connectivity index (χ4n) is 2.63. The predicted molar refractivity (Wildman–Crippen MR) is 101 cm³/mol. The minimum atomic E-state index is -0.341. The summed E-state index contributed by atoms with van der Waals surface area (Å²) in [6.45, 7) is 6.47. The Balaban J connectivity index is 0.00000288. The van der Waals surface area contributed by atoms with Crippen LogP contribution in [0.4, 0.5) is 0 Å². The van der Waals surface area contributed by atoms with Crippen LogP contribution in [0.25, 0.3) is 10.9 Å². The average molecular weight is 352 g/mol. The lowest BCUT2D eigenvalue weighted by Gasteiger charge is -2.22. The molecule has 5 nitrogen and oxygen atoms in total. The Kier molecular flexibility index (Phi) is 6.99. The molecule has 3 N–H and O–H groups in total. The van der Waals surface area contributed by atoms with Crippen LogP contribution in [0.2, 0.25) is 0 Å². The van der Waals surface area contributed by atoms with E-state index >= 15 is 0 Å². The third-order valence-corrected chi connectivity index (χ3v) is 4.40. The van der Waals surface area contributed by atoms with Gasteiger partial charge in [-0.25, -0.2) is 0 Å². The zero-order valence-electron chi connectivity index (χ0n) is 14.6. The standard InChI is InChI=1S/C18H25N3O2.ClH/c1-11(2)14(19)9-10-21(4)18(23)16-12(3)13-7-5-6-8-15(13)20-17(16)22;/h5-8,11,14H,9-10,19H2,1-4H3,(H,20,22);1H. The average Bonchev–Trinajstić information content (AvgIpc) is 2.51. The van der Waals surface area contributed by atoms with Gasteiger partial charge in [0, 0.05) is 30.5 Å². The first-order valence-corrected chi connectivity index (χ1v) is 7.95. The fraction of sp³-hybridized carbons (Fsp3) is 0.444. The molecule has 0 radical (unpaired) electrons. The number of carbonyl (C=O) groups excluding carboxylic acids is 1. The molecule has 0 aliphatic rings. The van der Waals surface area contributed by atoms with Crippen molar-refractivity contribution >= 4 is 29.2 Å². The number of halogens is 1. The van der Waals surface area contributed by atoms with Gasteiger partial charge in [-0.3, -0.25) is 9.59 Å². The molecule has 2 rings (SSSR count). The highest BCUT2D eigenvalue weighted by Crippen LogP contribution is 2.18. The quantitative estimate of drug-likeness (QED) is 0.869. The second-order valence-electron chi connectivity index (χ2n) is 6.42. The molecule has 1 amide bonds. The summed E-state index contributed by atoms with van der Waals surface area (Å²) in [5.41, 5.74) is 7.37. The number of hydrogen-bond donors (Lipinski definition) is 2. The van der Waals surface area contributed by atoms with E-state index in [9.17, 15) is 9.59 Å². The molecule has 1 aromatic carbocycles. The number of fused-ring (bicyclic) bond motifs is 1. The molecule has 1 heterocycles. The van der Waals surface area contributed by atoms with Crippen LogP contribution in [0.1, 0.15) is 36.2 Å². The van der Waals surface area contributed by atoms with Gasteiger partial charge in [0.2, 0.25) is 0 Å². The normalized spacial score (nSPS) is 12.1. The van der Waals surface area contributed by atoms with E-state index in [4.69, 9.17) is 5.73 Å². The number of nitrogens with zero attached hydrogens (tertiary/aromatic N) is 1. The molecule has 0 saturated heterocycles. The molecule has 0 aliphatic heterocycles. The predicted octanol–water partition coefficient (Wildman–Crippen LogP) is 2.70. The van der Waals surface area contributed by atoms with Crippen LogP contribution in [0.15, 0.2) is 29.1 Å². The van der Waals surface area contributed by atoms with Crippen molar-refractivity contribution in [1.82, 2.24) is 9.88 Å². The monoisotopic (exact) mass is 351 g/mol. The van der Waals surface area contributed by atoms with E-state index in [1.165, 1.54) is 0 Å². The van der Waals surface area contributed by atoms with E-state index in [2.05, 4.69) is 18.8 Å². The number of benzene rings is 1. The number of aromatic amines is 1. The van der Waals surface area contributed by atoms with Crippen molar-refractivity contribution in [3.8, 4) is 0 Å². The van der Waals surface area contributed by atoms with E-state index in [0.717, 1.165) is 10.9 Å². The number of pyridine rings is 1. The smallest absolute Gasteiger partial charge is 0.261 e. The molecule has 0 bridgehead atoms. The van der Waals surface area contributed by atoms with Gasteiger partial charge in [0.05, 0.1) is 0 Å². The van der Waals surface area contributed by atoms with Crippen molar-refractivity contribution in [2.24, 2.45) is 11.7 Å². The van der Waals surface area contributed by atoms with E-state index in [-0.39, 0.29) is 35.5 Å². The number of aromatic nitrogens is 1. The molecule has 0 fully saturated rings. The van der Waals surface area contributed by atoms with Crippen molar-refractivity contribution in [3.05, 3.63) is 45.7 Å². The molecule has 132 valence electrons. The van der Waals surface area contributed by atoms with Crippen LogP contribution < -0.4 is 11.3 Å². The number of H-pyrrole nitrogens is 1. The molecule has 0 saturated carbocycles. The zero-order chi connectivity index (χ0) is 17.1. The first kappa shape index (κ1) is 20.2. The van der Waals surface area contributed by atoms with Crippen LogP contribution in [-0.2, 0) is 0 Å². The lowest BCUT2D eigenvalue weighted by molar-refractivity contribution is 0.0787. The second-order valence-corrected chi connectivity index (χ2v) is 6.42. The van der Waals surface area contributed by atoms with Crippen molar-refractivity contribution in [2.75, 3.05) is 13.6 Å². The number of hydrogen-bond acceptors (Lipinski definition) is 3. The van der Waals surface area contributed by atoms with Gasteiger partial charge >= 0.3 is 0 Å². The number of para-hydroxylation sites is 1. The Morgan fingerprint density at radius 1 is 1.29 bits per heavy atom. The summed E-state index contributed by atoms with van der Waals surface area (Å²) in [5, 5.41) is 0.891. The van der Waals surface area contributed by atoms with E-state index in [1.807, 2.05) is 31.2 Å². The van der Waals surface area contributed by atoms with Gasteiger partial charge in [0.15, 0.2) is 0 Å². The topological polar surface area (TPSA) is 79.2 Å². The van der Waals surface area contributed by atoms with E-state index in [1.54, 1.807) is 11.9 Å². The lowest BCUT2D eigenvalue weighted by Crippen LogP contribution is -2.37.